The van der Waals surface area contributed by atoms with Gasteiger partial charge in [0.25, 0.3) is 0 Å². The lowest BCUT2D eigenvalue weighted by atomic mass is 10.0. The first-order valence-electron chi connectivity index (χ1n) is 8.68. The van der Waals surface area contributed by atoms with Gasteiger partial charge in [-0.1, -0.05) is 66.2 Å². The van der Waals surface area contributed by atoms with Crippen LogP contribution in [0.2, 0.25) is 0 Å². The van der Waals surface area contributed by atoms with Gasteiger partial charge in [-0.25, -0.2) is 0 Å². The third-order valence-corrected chi connectivity index (χ3v) is 5.85. The van der Waals surface area contributed by atoms with Crippen LogP contribution >= 0.6 is 0 Å². The number of carbonyl (C=O) groups is 1. The first-order chi connectivity index (χ1) is 13.1. The third kappa shape index (κ3) is 3.49. The van der Waals surface area contributed by atoms with Crippen LogP contribution in [0.5, 0.6) is 0 Å². The number of ketones is 1. The molecular formula is C23H18O3S. The van der Waals surface area contributed by atoms with Gasteiger partial charge in [-0.15, -0.1) is 0 Å². The van der Waals surface area contributed by atoms with E-state index in [9.17, 15) is 9.00 Å². The Balaban J connectivity index is 1.78. The summed E-state index contributed by atoms with van der Waals surface area (Å²) in [5.74, 6) is 0.305. The fraction of sp³-hybridized carbons (Fsp3) is 0.0870. The summed E-state index contributed by atoms with van der Waals surface area (Å²) in [6.07, 6.45) is 0. The van der Waals surface area contributed by atoms with Gasteiger partial charge in [0.05, 0.1) is 16.6 Å². The summed E-state index contributed by atoms with van der Waals surface area (Å²) in [6.45, 7) is 1.99. The van der Waals surface area contributed by atoms with E-state index >= 15 is 0 Å². The van der Waals surface area contributed by atoms with Crippen molar-refractivity contribution in [2.75, 3.05) is 0 Å². The standard InChI is InChI=1S/C23H18O3S/c1-16-11-13-18(14-12-16)27(25)15-20-19-9-5-6-10-21(19)26-23(20)22(24)17-7-3-2-4-8-17/h2-14H,15H2,1H3. The molecule has 0 saturated heterocycles. The fourth-order valence-corrected chi connectivity index (χ4v) is 4.21. The van der Waals surface area contributed by atoms with Crippen molar-refractivity contribution >= 4 is 27.6 Å². The Hall–Kier alpha value is -2.98. The predicted octanol–water partition coefficient (Wildman–Crippen LogP) is 5.28. The summed E-state index contributed by atoms with van der Waals surface area (Å²) >= 11 is 0. The number of hydrogen-bond donors (Lipinski definition) is 0. The fourth-order valence-electron chi connectivity index (χ4n) is 3.05. The number of furan rings is 1. The second-order valence-corrected chi connectivity index (χ2v) is 7.86. The maximum absolute atomic E-state index is 13.0. The monoisotopic (exact) mass is 374 g/mol. The molecule has 134 valence electrons. The molecule has 0 spiro atoms. The topological polar surface area (TPSA) is 47.3 Å². The third-order valence-electron chi connectivity index (χ3n) is 4.50. The lowest BCUT2D eigenvalue weighted by Gasteiger charge is -2.05. The molecule has 1 heterocycles. The van der Waals surface area contributed by atoms with Crippen LogP contribution in [0.4, 0.5) is 0 Å². The quantitative estimate of drug-likeness (QED) is 0.447. The van der Waals surface area contributed by atoms with Crippen LogP contribution in [0.15, 0.2) is 88.2 Å². The van der Waals surface area contributed by atoms with Gasteiger partial charge in [-0.2, -0.15) is 0 Å². The van der Waals surface area contributed by atoms with Gasteiger partial charge in [0.2, 0.25) is 5.78 Å². The summed E-state index contributed by atoms with van der Waals surface area (Å²) in [5.41, 5.74) is 2.99. The number of para-hydroxylation sites is 1. The van der Waals surface area contributed by atoms with Crippen molar-refractivity contribution in [2.45, 2.75) is 17.6 Å². The molecule has 0 aliphatic rings. The van der Waals surface area contributed by atoms with E-state index in [1.165, 1.54) is 0 Å². The van der Waals surface area contributed by atoms with Crippen molar-refractivity contribution in [3.63, 3.8) is 0 Å². The van der Waals surface area contributed by atoms with Crippen LogP contribution in [0.3, 0.4) is 0 Å². The zero-order valence-electron chi connectivity index (χ0n) is 14.8. The van der Waals surface area contributed by atoms with Gasteiger partial charge in [-0.3, -0.25) is 9.00 Å². The number of benzene rings is 3. The molecular weight excluding hydrogens is 356 g/mol. The predicted molar refractivity (Wildman–Crippen MR) is 107 cm³/mol. The Morgan fingerprint density at radius 2 is 1.56 bits per heavy atom. The van der Waals surface area contributed by atoms with Gasteiger partial charge in [0, 0.05) is 21.4 Å². The van der Waals surface area contributed by atoms with Crippen molar-refractivity contribution in [3.05, 3.63) is 101 Å². The van der Waals surface area contributed by atoms with Crippen molar-refractivity contribution in [3.8, 4) is 0 Å². The molecule has 3 aromatic carbocycles. The molecule has 4 aromatic rings. The molecule has 4 heteroatoms. The molecule has 27 heavy (non-hydrogen) atoms. The molecule has 1 aromatic heterocycles. The lowest BCUT2D eigenvalue weighted by molar-refractivity contribution is 0.101. The Kier molecular flexibility index (Phi) is 4.73. The van der Waals surface area contributed by atoms with Gasteiger partial charge in [-0.05, 0) is 25.1 Å². The Bertz CT molecular complexity index is 1130. The average Bonchev–Trinajstić information content (AvgIpc) is 3.07. The summed E-state index contributed by atoms with van der Waals surface area (Å²) < 4.78 is 18.8. The SMILES string of the molecule is Cc1ccc(S(=O)Cc2c(C(=O)c3ccccc3)oc3ccccc23)cc1. The van der Waals surface area contributed by atoms with E-state index in [1.807, 2.05) is 73.7 Å². The number of hydrogen-bond acceptors (Lipinski definition) is 3. The second-order valence-electron chi connectivity index (χ2n) is 6.40. The molecule has 0 aliphatic carbocycles. The first kappa shape index (κ1) is 17.4. The number of fused-ring (bicyclic) bond motifs is 1. The van der Waals surface area contributed by atoms with Crippen LogP contribution in [-0.2, 0) is 16.6 Å². The molecule has 0 saturated carbocycles. The lowest BCUT2D eigenvalue weighted by Crippen LogP contribution is -2.05. The van der Waals surface area contributed by atoms with E-state index in [-0.39, 0.29) is 17.3 Å². The second kappa shape index (κ2) is 7.33. The zero-order chi connectivity index (χ0) is 18.8. The number of aryl methyl sites for hydroxylation is 1. The summed E-state index contributed by atoms with van der Waals surface area (Å²) in [7, 11) is -1.27. The van der Waals surface area contributed by atoms with Gasteiger partial charge < -0.3 is 4.42 Å². The highest BCUT2D eigenvalue weighted by Crippen LogP contribution is 2.30. The highest BCUT2D eigenvalue weighted by atomic mass is 32.2. The molecule has 0 N–H and O–H groups in total. The van der Waals surface area contributed by atoms with E-state index < -0.39 is 10.8 Å². The minimum absolute atomic E-state index is 0.192. The maximum atomic E-state index is 13.0. The van der Waals surface area contributed by atoms with Crippen LogP contribution in [-0.4, -0.2) is 9.99 Å². The van der Waals surface area contributed by atoms with Crippen molar-refractivity contribution in [2.24, 2.45) is 0 Å². The minimum atomic E-state index is -1.27. The smallest absolute Gasteiger partial charge is 0.228 e. The summed E-state index contributed by atoms with van der Waals surface area (Å²) in [5, 5.41) is 0.831. The van der Waals surface area contributed by atoms with Crippen LogP contribution in [0, 0.1) is 6.92 Å². The molecule has 1 atom stereocenters. The molecule has 0 amide bonds. The van der Waals surface area contributed by atoms with Crippen molar-refractivity contribution in [1.29, 1.82) is 0 Å². The van der Waals surface area contributed by atoms with Crippen LogP contribution in [0.25, 0.3) is 11.0 Å². The molecule has 0 bridgehead atoms. The van der Waals surface area contributed by atoms with E-state index in [0.29, 0.717) is 16.7 Å². The highest BCUT2D eigenvalue weighted by molar-refractivity contribution is 7.84. The van der Waals surface area contributed by atoms with E-state index in [1.54, 1.807) is 12.1 Å². The van der Waals surface area contributed by atoms with Crippen LogP contribution in [0.1, 0.15) is 27.2 Å². The minimum Gasteiger partial charge on any atom is -0.452 e. The Morgan fingerprint density at radius 1 is 0.889 bits per heavy atom. The zero-order valence-corrected chi connectivity index (χ0v) is 15.7. The number of carbonyl (C=O) groups excluding carboxylic acids is 1. The van der Waals surface area contributed by atoms with Crippen molar-refractivity contribution in [1.82, 2.24) is 0 Å². The summed E-state index contributed by atoms with van der Waals surface area (Å²) in [4.78, 5) is 13.7. The average molecular weight is 374 g/mol. The molecule has 3 nitrogen and oxygen atoms in total. The maximum Gasteiger partial charge on any atom is 0.228 e. The molecule has 0 radical (unpaired) electrons. The Morgan fingerprint density at radius 3 is 2.30 bits per heavy atom. The van der Waals surface area contributed by atoms with Crippen LogP contribution < -0.4 is 0 Å². The summed E-state index contributed by atoms with van der Waals surface area (Å²) in [6, 6.07) is 24.1. The Labute approximate surface area is 160 Å². The van der Waals surface area contributed by atoms with Crippen molar-refractivity contribution < 1.29 is 13.4 Å². The highest BCUT2D eigenvalue weighted by Gasteiger charge is 2.23. The van der Waals surface area contributed by atoms with Gasteiger partial charge in [0.15, 0.2) is 5.76 Å². The molecule has 4 rings (SSSR count). The number of rotatable bonds is 5. The largest absolute Gasteiger partial charge is 0.452 e. The van der Waals surface area contributed by atoms with Gasteiger partial charge in [0.1, 0.15) is 5.58 Å². The molecule has 0 aliphatic heterocycles. The molecule has 1 unspecified atom stereocenters. The van der Waals surface area contributed by atoms with E-state index in [4.69, 9.17) is 4.42 Å². The van der Waals surface area contributed by atoms with E-state index in [2.05, 4.69) is 0 Å². The van der Waals surface area contributed by atoms with Gasteiger partial charge >= 0.3 is 0 Å². The normalized spacial score (nSPS) is 12.2. The van der Waals surface area contributed by atoms with E-state index in [0.717, 1.165) is 15.8 Å². The molecule has 0 fully saturated rings. The first-order valence-corrected chi connectivity index (χ1v) is 10.0.